The first-order valence-corrected chi connectivity index (χ1v) is 1.57. The van der Waals surface area contributed by atoms with Gasteiger partial charge in [0.05, 0.1) is 0 Å². The molecule has 0 saturated heterocycles. The van der Waals surface area contributed by atoms with Gasteiger partial charge in [-0.3, -0.25) is 0 Å². The molecule has 0 radical (unpaired) electrons. The largest absolute Gasteiger partial charge is 0.315 e. The molecule has 0 aliphatic carbocycles. The Morgan fingerprint density at radius 2 is 1.71 bits per heavy atom. The number of halogens is 3. The van der Waals surface area contributed by atoms with Gasteiger partial charge in [-0.05, 0) is 12.7 Å². The van der Waals surface area contributed by atoms with Crippen molar-refractivity contribution < 1.29 is 13.2 Å². The van der Waals surface area contributed by atoms with Crippen molar-refractivity contribution in [2.24, 2.45) is 0 Å². The van der Waals surface area contributed by atoms with Crippen LogP contribution in [0, 0.1) is 0 Å². The smallest absolute Gasteiger partial charge is 0.203 e. The van der Waals surface area contributed by atoms with E-state index in [1.54, 1.807) is 0 Å². The molecule has 0 rings (SSSR count). The first kappa shape index (κ1) is 6.31. The second-order valence-electron chi connectivity index (χ2n) is 0.919. The van der Waals surface area contributed by atoms with Gasteiger partial charge < -0.3 is 0 Å². The third-order valence-electron chi connectivity index (χ3n) is 0.267. The summed E-state index contributed by atoms with van der Waals surface area (Å²) in [6.45, 7) is 0.902. The van der Waals surface area contributed by atoms with E-state index in [0.717, 1.165) is 12.7 Å². The summed E-state index contributed by atoms with van der Waals surface area (Å²) in [5.74, 6) is -1.000. The van der Waals surface area contributed by atoms with Crippen molar-refractivity contribution >= 4 is 0 Å². The molecule has 0 aliphatic heterocycles. The van der Waals surface area contributed by atoms with Crippen LogP contribution in [0.1, 0.15) is 6.92 Å². The highest BCUT2D eigenvalue weighted by Gasteiger charge is 1.82. The summed E-state index contributed by atoms with van der Waals surface area (Å²) < 4.78 is 32.9. The summed E-state index contributed by atoms with van der Waals surface area (Å²) in [6.07, 6.45) is -2.12. The lowest BCUT2D eigenvalue weighted by Gasteiger charge is -1.68. The van der Waals surface area contributed by atoms with Crippen molar-refractivity contribution in [3.05, 3.63) is 17.6 Å². The van der Waals surface area contributed by atoms with Gasteiger partial charge >= 0.3 is 6.08 Å². The van der Waals surface area contributed by atoms with Gasteiger partial charge in [-0.25, -0.2) is 4.39 Å². The van der Waals surface area contributed by atoms with E-state index < -0.39 is 11.9 Å². The van der Waals surface area contributed by atoms with Gasteiger partial charge in [0.15, 0.2) is 0 Å². The van der Waals surface area contributed by atoms with Gasteiger partial charge in [-0.1, -0.05) is 0 Å². The minimum atomic E-state index is -2.12. The molecule has 40 valence electrons. The highest BCUT2D eigenvalue weighted by molar-refractivity contribution is 4.87. The molecular formula is C4H3F3. The van der Waals surface area contributed by atoms with E-state index in [-0.39, 0.29) is 0 Å². The van der Waals surface area contributed by atoms with Crippen molar-refractivity contribution in [2.75, 3.05) is 0 Å². The van der Waals surface area contributed by atoms with Crippen molar-refractivity contribution in [1.29, 1.82) is 0 Å². The average molecular weight is 108 g/mol. The SMILES string of the molecule is CC(F)=C=C(F)F. The normalized spacial score (nSPS) is 7.43. The van der Waals surface area contributed by atoms with E-state index >= 15 is 0 Å². The predicted octanol–water partition coefficient (Wildman–Crippen LogP) is 2.24. The molecule has 0 N–H and O–H groups in total. The second kappa shape index (κ2) is 2.48. The van der Waals surface area contributed by atoms with Crippen LogP contribution in [0.25, 0.3) is 0 Å². The van der Waals surface area contributed by atoms with E-state index in [4.69, 9.17) is 0 Å². The van der Waals surface area contributed by atoms with E-state index in [0.29, 0.717) is 0 Å². The van der Waals surface area contributed by atoms with Crippen LogP contribution in [-0.4, -0.2) is 0 Å². The Balaban J connectivity index is 4.13. The molecule has 0 fully saturated rings. The van der Waals surface area contributed by atoms with Crippen molar-refractivity contribution in [3.8, 4) is 0 Å². The van der Waals surface area contributed by atoms with Crippen molar-refractivity contribution in [3.63, 3.8) is 0 Å². The Hall–Kier alpha value is -0.690. The molecule has 7 heavy (non-hydrogen) atoms. The van der Waals surface area contributed by atoms with Gasteiger partial charge in [0.1, 0.15) is 5.83 Å². The summed E-state index contributed by atoms with van der Waals surface area (Å²) in [5, 5.41) is 0. The minimum Gasteiger partial charge on any atom is -0.203 e. The molecule has 0 nitrogen and oxygen atoms in total. The van der Waals surface area contributed by atoms with Crippen LogP contribution in [-0.2, 0) is 0 Å². The van der Waals surface area contributed by atoms with Crippen LogP contribution in [0.4, 0.5) is 13.2 Å². The third-order valence-corrected chi connectivity index (χ3v) is 0.267. The first-order chi connectivity index (χ1) is 3.13. The summed E-state index contributed by atoms with van der Waals surface area (Å²) >= 11 is 0. The summed E-state index contributed by atoms with van der Waals surface area (Å²) in [4.78, 5) is 0. The number of allylic oxidation sites excluding steroid dienone is 1. The van der Waals surface area contributed by atoms with Crippen LogP contribution >= 0.6 is 0 Å². The van der Waals surface area contributed by atoms with Crippen molar-refractivity contribution in [1.82, 2.24) is 0 Å². The predicted molar refractivity (Wildman–Crippen MR) is 19.5 cm³/mol. The van der Waals surface area contributed by atoms with Crippen LogP contribution in [0.2, 0.25) is 0 Å². The van der Waals surface area contributed by atoms with E-state index in [1.165, 1.54) is 0 Å². The first-order valence-electron chi connectivity index (χ1n) is 1.57. The van der Waals surface area contributed by atoms with E-state index in [2.05, 4.69) is 0 Å². The van der Waals surface area contributed by atoms with E-state index in [9.17, 15) is 13.2 Å². The molecule has 0 saturated carbocycles. The third kappa shape index (κ3) is 5.31. The summed E-state index contributed by atoms with van der Waals surface area (Å²) in [6, 6.07) is 0. The van der Waals surface area contributed by atoms with Crippen LogP contribution in [0.3, 0.4) is 0 Å². The monoisotopic (exact) mass is 108 g/mol. The molecule has 0 aliphatic rings. The average Bonchev–Trinajstić information content (AvgIpc) is 1.27. The second-order valence-corrected chi connectivity index (χ2v) is 0.919. The number of hydrogen-bond acceptors (Lipinski definition) is 0. The number of hydrogen-bond donors (Lipinski definition) is 0. The van der Waals surface area contributed by atoms with Gasteiger partial charge in [0, 0.05) is 0 Å². The highest BCUT2D eigenvalue weighted by atomic mass is 19.3. The van der Waals surface area contributed by atoms with E-state index in [1.807, 2.05) is 0 Å². The Kier molecular flexibility index (Phi) is 2.23. The molecular weight excluding hydrogens is 105 g/mol. The van der Waals surface area contributed by atoms with Gasteiger partial charge in [-0.2, -0.15) is 8.78 Å². The zero-order chi connectivity index (χ0) is 5.86. The highest BCUT2D eigenvalue weighted by Crippen LogP contribution is 1.97. The molecule has 0 amide bonds. The Bertz CT molecular complexity index is 98.9. The van der Waals surface area contributed by atoms with Crippen LogP contribution < -0.4 is 0 Å². The fraction of sp³-hybridized carbons (Fsp3) is 0.250. The zero-order valence-corrected chi connectivity index (χ0v) is 3.63. The Morgan fingerprint density at radius 3 is 1.71 bits per heavy atom. The molecule has 3 heteroatoms. The topological polar surface area (TPSA) is 0 Å². The van der Waals surface area contributed by atoms with Gasteiger partial charge in [0.25, 0.3) is 0 Å². The molecule has 0 unspecified atom stereocenters. The lowest BCUT2D eigenvalue weighted by atomic mass is 10.6. The lowest BCUT2D eigenvalue weighted by molar-refractivity contribution is 0.421. The quantitative estimate of drug-likeness (QED) is 0.417. The molecule has 0 aromatic rings. The Labute approximate surface area is 39.0 Å². The molecule has 0 bridgehead atoms. The number of rotatable bonds is 0. The standard InChI is InChI=1S/C4H3F3/c1-3(5)2-4(6)7/h1H3. The maximum atomic E-state index is 11.3. The maximum absolute atomic E-state index is 11.3. The van der Waals surface area contributed by atoms with Gasteiger partial charge in [-0.15, -0.1) is 0 Å². The molecule has 0 heterocycles. The Morgan fingerprint density at radius 1 is 1.29 bits per heavy atom. The van der Waals surface area contributed by atoms with Crippen molar-refractivity contribution in [2.45, 2.75) is 6.92 Å². The lowest BCUT2D eigenvalue weighted by Crippen LogP contribution is -1.52. The minimum absolute atomic E-state index is 0.902. The van der Waals surface area contributed by atoms with Gasteiger partial charge in [0.2, 0.25) is 0 Å². The fourth-order valence-corrected chi connectivity index (χ4v) is 0.130. The summed E-state index contributed by atoms with van der Waals surface area (Å²) in [7, 11) is 0. The molecule has 0 spiro atoms. The fourth-order valence-electron chi connectivity index (χ4n) is 0.130. The maximum Gasteiger partial charge on any atom is 0.315 e. The molecule has 0 aromatic heterocycles. The van der Waals surface area contributed by atoms with Crippen LogP contribution in [0.5, 0.6) is 0 Å². The zero-order valence-electron chi connectivity index (χ0n) is 3.63. The molecule has 0 atom stereocenters. The molecule has 0 aromatic carbocycles. The summed E-state index contributed by atoms with van der Waals surface area (Å²) in [5.41, 5.74) is 1.14. The van der Waals surface area contributed by atoms with Crippen LogP contribution in [0.15, 0.2) is 17.6 Å².